The largest absolute Gasteiger partial charge is 0.484 e. The molecule has 1 fully saturated rings. The zero-order valence-corrected chi connectivity index (χ0v) is 19.0. The summed E-state index contributed by atoms with van der Waals surface area (Å²) in [5, 5.41) is 4.96. The van der Waals surface area contributed by atoms with Gasteiger partial charge in [0.15, 0.2) is 6.61 Å². The molecule has 4 N–H and O–H groups in total. The molecule has 2 aliphatic heterocycles. The van der Waals surface area contributed by atoms with Gasteiger partial charge < -0.3 is 30.2 Å². The van der Waals surface area contributed by atoms with Crippen molar-refractivity contribution in [2.45, 2.75) is 25.4 Å². The summed E-state index contributed by atoms with van der Waals surface area (Å²) in [5.74, 6) is -0.887. The van der Waals surface area contributed by atoms with E-state index < -0.39 is 11.9 Å². The summed E-state index contributed by atoms with van der Waals surface area (Å²) in [6.45, 7) is 2.61. The van der Waals surface area contributed by atoms with Gasteiger partial charge in [0.25, 0.3) is 11.8 Å². The molecule has 0 aliphatic carbocycles. The van der Waals surface area contributed by atoms with Crippen LogP contribution in [-0.4, -0.2) is 80.7 Å². The number of nitrogens with two attached hydrogens (primary N) is 1. The Morgan fingerprint density at radius 3 is 2.64 bits per heavy atom. The number of halogens is 1. The van der Waals surface area contributed by atoms with Crippen LogP contribution in [0, 0.1) is 0 Å². The molecule has 182 valence electrons. The van der Waals surface area contributed by atoms with Crippen molar-refractivity contribution in [1.82, 2.24) is 15.5 Å². The minimum Gasteiger partial charge on any atom is -0.484 e. The summed E-state index contributed by atoms with van der Waals surface area (Å²) in [7, 11) is 0. The van der Waals surface area contributed by atoms with E-state index >= 15 is 0 Å². The summed E-state index contributed by atoms with van der Waals surface area (Å²) in [5.41, 5.74) is 6.50. The van der Waals surface area contributed by atoms with Crippen molar-refractivity contribution in [1.29, 1.82) is 0 Å². The third-order valence-electron chi connectivity index (χ3n) is 5.07. The van der Waals surface area contributed by atoms with Crippen molar-refractivity contribution in [2.24, 2.45) is 5.73 Å². The van der Waals surface area contributed by atoms with Crippen molar-refractivity contribution in [3.8, 4) is 5.75 Å². The Kier molecular flexibility index (Phi) is 10.5. The maximum Gasteiger partial charge on any atom is 0.258 e. The third-order valence-corrected chi connectivity index (χ3v) is 5.07. The lowest BCUT2D eigenvalue weighted by Gasteiger charge is -2.29. The molecule has 1 atom stereocenters. The third kappa shape index (κ3) is 7.39. The van der Waals surface area contributed by atoms with Crippen LogP contribution in [0.4, 0.5) is 0 Å². The smallest absolute Gasteiger partial charge is 0.258 e. The zero-order chi connectivity index (χ0) is 22.9. The highest BCUT2D eigenvalue weighted by molar-refractivity contribution is 6.05. The van der Waals surface area contributed by atoms with Gasteiger partial charge in [-0.1, -0.05) is 0 Å². The van der Waals surface area contributed by atoms with Gasteiger partial charge >= 0.3 is 0 Å². The average Bonchev–Trinajstić information content (AvgIpc) is 3.09. The Hall–Kier alpha value is -2.73. The highest BCUT2D eigenvalue weighted by atomic mass is 35.5. The van der Waals surface area contributed by atoms with Crippen molar-refractivity contribution >= 4 is 36.0 Å². The van der Waals surface area contributed by atoms with Gasteiger partial charge in [0.2, 0.25) is 11.8 Å². The van der Waals surface area contributed by atoms with Gasteiger partial charge in [0, 0.05) is 31.6 Å². The number of piperidine rings is 1. The van der Waals surface area contributed by atoms with Crippen LogP contribution in [0.5, 0.6) is 5.75 Å². The second-order valence-corrected chi connectivity index (χ2v) is 7.37. The molecule has 11 nitrogen and oxygen atoms in total. The number of carbonyl (C=O) groups is 4. The van der Waals surface area contributed by atoms with Gasteiger partial charge in [-0.2, -0.15) is 0 Å². The maximum atomic E-state index is 12.7. The van der Waals surface area contributed by atoms with Gasteiger partial charge in [-0.3, -0.25) is 24.5 Å². The second kappa shape index (κ2) is 13.1. The monoisotopic (exact) mass is 484 g/mol. The SMILES string of the molecule is Cl.NCCOCCOCCNC(=O)COc1ccc2c(c1)CN(C1CCC(=O)NC1=O)C2=O. The van der Waals surface area contributed by atoms with E-state index in [2.05, 4.69) is 10.6 Å². The van der Waals surface area contributed by atoms with E-state index in [4.69, 9.17) is 19.9 Å². The molecule has 0 aromatic heterocycles. The topological polar surface area (TPSA) is 149 Å². The fraction of sp³-hybridized carbons (Fsp3) is 0.524. The van der Waals surface area contributed by atoms with E-state index in [0.717, 1.165) is 0 Å². The van der Waals surface area contributed by atoms with Crippen molar-refractivity contribution in [2.75, 3.05) is 46.1 Å². The van der Waals surface area contributed by atoms with Gasteiger partial charge in [-0.05, 0) is 30.2 Å². The Morgan fingerprint density at radius 1 is 1.15 bits per heavy atom. The average molecular weight is 485 g/mol. The van der Waals surface area contributed by atoms with E-state index in [-0.39, 0.29) is 49.7 Å². The van der Waals surface area contributed by atoms with E-state index in [9.17, 15) is 19.2 Å². The molecule has 1 saturated heterocycles. The maximum absolute atomic E-state index is 12.7. The molecule has 0 saturated carbocycles. The fourth-order valence-electron chi connectivity index (χ4n) is 3.51. The summed E-state index contributed by atoms with van der Waals surface area (Å²) in [6.07, 6.45) is 0.505. The zero-order valence-electron chi connectivity index (χ0n) is 18.2. The number of imide groups is 1. The first-order valence-corrected chi connectivity index (χ1v) is 10.5. The number of rotatable bonds is 12. The predicted octanol–water partition coefficient (Wildman–Crippen LogP) is -0.644. The number of benzene rings is 1. The predicted molar refractivity (Wildman–Crippen MR) is 119 cm³/mol. The molecule has 1 unspecified atom stereocenters. The van der Waals surface area contributed by atoms with E-state index in [1.165, 1.54) is 4.90 Å². The number of nitrogens with zero attached hydrogens (tertiary/aromatic N) is 1. The van der Waals surface area contributed by atoms with Gasteiger partial charge in [0.1, 0.15) is 11.8 Å². The van der Waals surface area contributed by atoms with Gasteiger partial charge in [-0.25, -0.2) is 0 Å². The minimum atomic E-state index is -0.669. The number of fused-ring (bicyclic) bond motifs is 1. The number of ether oxygens (including phenoxy) is 3. The van der Waals surface area contributed by atoms with Crippen LogP contribution >= 0.6 is 12.4 Å². The quantitative estimate of drug-likeness (QED) is 0.262. The number of hydrogen-bond acceptors (Lipinski definition) is 8. The van der Waals surface area contributed by atoms with E-state index in [1.54, 1.807) is 18.2 Å². The molecule has 1 aromatic carbocycles. The highest BCUT2D eigenvalue weighted by Crippen LogP contribution is 2.30. The van der Waals surface area contributed by atoms with Crippen molar-refractivity contribution in [3.05, 3.63) is 29.3 Å². The number of carbonyl (C=O) groups excluding carboxylic acids is 4. The lowest BCUT2D eigenvalue weighted by molar-refractivity contribution is -0.137. The fourth-order valence-corrected chi connectivity index (χ4v) is 3.51. The molecule has 0 spiro atoms. The lowest BCUT2D eigenvalue weighted by Crippen LogP contribution is -2.52. The van der Waals surface area contributed by atoms with Gasteiger partial charge in [0.05, 0.1) is 26.4 Å². The van der Waals surface area contributed by atoms with E-state index in [1.807, 2.05) is 0 Å². The Morgan fingerprint density at radius 2 is 1.91 bits per heavy atom. The molecule has 4 amide bonds. The number of hydrogen-bond donors (Lipinski definition) is 3. The number of amides is 4. The Labute approximate surface area is 197 Å². The molecule has 2 heterocycles. The Bertz CT molecular complexity index is 867. The molecule has 2 aliphatic rings. The molecule has 12 heteroatoms. The Balaban J connectivity index is 0.00000385. The summed E-state index contributed by atoms with van der Waals surface area (Å²) in [4.78, 5) is 49.5. The number of nitrogens with one attached hydrogen (secondary N) is 2. The normalized spacial score (nSPS) is 17.3. The van der Waals surface area contributed by atoms with Crippen LogP contribution in [0.15, 0.2) is 18.2 Å². The lowest BCUT2D eigenvalue weighted by atomic mass is 10.0. The first-order chi connectivity index (χ1) is 15.5. The highest BCUT2D eigenvalue weighted by Gasteiger charge is 2.39. The van der Waals surface area contributed by atoms with Crippen LogP contribution in [0.2, 0.25) is 0 Å². The molecule has 33 heavy (non-hydrogen) atoms. The first-order valence-electron chi connectivity index (χ1n) is 10.5. The standard InChI is InChI=1S/C21H28N4O7.ClH/c22-5-7-30-9-10-31-8-6-23-19(27)13-32-15-1-2-16-14(11-15)12-25(21(16)29)17-3-4-18(26)24-20(17)28;/h1-2,11,17H,3-10,12-13,22H2,(H,23,27)(H,24,26,28);1H. The molecule has 1 aromatic rings. The van der Waals surface area contributed by atoms with Crippen molar-refractivity contribution in [3.63, 3.8) is 0 Å². The van der Waals surface area contributed by atoms with Crippen LogP contribution in [0.3, 0.4) is 0 Å². The molecule has 0 radical (unpaired) electrons. The van der Waals surface area contributed by atoms with Gasteiger partial charge in [-0.15, -0.1) is 12.4 Å². The summed E-state index contributed by atoms with van der Waals surface area (Å²) < 4.78 is 16.0. The van der Waals surface area contributed by atoms with Crippen LogP contribution in [-0.2, 0) is 30.4 Å². The first kappa shape index (κ1) is 26.5. The molecular formula is C21H29ClN4O7. The van der Waals surface area contributed by atoms with Crippen LogP contribution < -0.4 is 21.1 Å². The van der Waals surface area contributed by atoms with E-state index in [0.29, 0.717) is 62.8 Å². The molecular weight excluding hydrogens is 456 g/mol. The minimum absolute atomic E-state index is 0. The second-order valence-electron chi connectivity index (χ2n) is 7.37. The summed E-state index contributed by atoms with van der Waals surface area (Å²) in [6, 6.07) is 4.26. The summed E-state index contributed by atoms with van der Waals surface area (Å²) >= 11 is 0. The molecule has 0 bridgehead atoms. The van der Waals surface area contributed by atoms with Crippen molar-refractivity contribution < 1.29 is 33.4 Å². The van der Waals surface area contributed by atoms with Crippen LogP contribution in [0.1, 0.15) is 28.8 Å². The molecule has 3 rings (SSSR count). The van der Waals surface area contributed by atoms with Crippen LogP contribution in [0.25, 0.3) is 0 Å².